The molecule has 0 aromatic rings. The van der Waals surface area contributed by atoms with E-state index in [0.717, 1.165) is 19.3 Å². The zero-order chi connectivity index (χ0) is 13.2. The van der Waals surface area contributed by atoms with Crippen molar-refractivity contribution in [3.05, 3.63) is 0 Å². The first-order chi connectivity index (χ1) is 8.45. The molecule has 0 aromatic heterocycles. The molecule has 1 aliphatic heterocycles. The molecule has 2 aliphatic rings. The molecule has 0 spiro atoms. The second kappa shape index (κ2) is 5.35. The third-order valence-corrected chi connectivity index (χ3v) is 4.15. The summed E-state index contributed by atoms with van der Waals surface area (Å²) in [5.74, 6) is -1.27. The summed E-state index contributed by atoms with van der Waals surface area (Å²) in [6.45, 7) is 2.02. The van der Waals surface area contributed by atoms with E-state index in [1.54, 1.807) is 7.11 Å². The van der Waals surface area contributed by atoms with E-state index in [0.29, 0.717) is 19.6 Å². The van der Waals surface area contributed by atoms with Gasteiger partial charge in [-0.15, -0.1) is 0 Å². The van der Waals surface area contributed by atoms with Crippen molar-refractivity contribution in [1.82, 2.24) is 10.2 Å². The van der Waals surface area contributed by atoms with Crippen LogP contribution < -0.4 is 5.32 Å². The van der Waals surface area contributed by atoms with Crippen LogP contribution in [0.1, 0.15) is 19.3 Å². The molecule has 1 aliphatic carbocycles. The molecule has 0 bridgehead atoms. The Morgan fingerprint density at radius 1 is 1.39 bits per heavy atom. The molecule has 18 heavy (non-hydrogen) atoms. The van der Waals surface area contributed by atoms with Gasteiger partial charge >= 0.3 is 6.18 Å². The van der Waals surface area contributed by atoms with Gasteiger partial charge in [-0.25, -0.2) is 0 Å². The minimum atomic E-state index is -4.12. The Bertz CT molecular complexity index is 273. The molecule has 1 saturated heterocycles. The van der Waals surface area contributed by atoms with Gasteiger partial charge in [-0.1, -0.05) is 0 Å². The number of ether oxygens (including phenoxy) is 1. The zero-order valence-corrected chi connectivity index (χ0v) is 10.7. The Balaban J connectivity index is 1.95. The van der Waals surface area contributed by atoms with E-state index in [1.165, 1.54) is 0 Å². The van der Waals surface area contributed by atoms with Crippen LogP contribution in [0.25, 0.3) is 0 Å². The maximum atomic E-state index is 12.8. The van der Waals surface area contributed by atoms with Crippen molar-refractivity contribution < 1.29 is 17.9 Å². The molecule has 1 saturated carbocycles. The summed E-state index contributed by atoms with van der Waals surface area (Å²) in [5.41, 5.74) is -0.194. The SMILES string of the molecule is COC1(CN2CCNCC(C(F)(F)F)C2)CCC1. The zero-order valence-electron chi connectivity index (χ0n) is 10.7. The van der Waals surface area contributed by atoms with Crippen molar-refractivity contribution in [3.63, 3.8) is 0 Å². The van der Waals surface area contributed by atoms with E-state index >= 15 is 0 Å². The van der Waals surface area contributed by atoms with Gasteiger partial charge in [0.15, 0.2) is 0 Å². The molecular weight excluding hydrogens is 245 g/mol. The van der Waals surface area contributed by atoms with Crippen molar-refractivity contribution in [3.8, 4) is 0 Å². The second-order valence-electron chi connectivity index (χ2n) is 5.42. The summed E-state index contributed by atoms with van der Waals surface area (Å²) in [7, 11) is 1.66. The fourth-order valence-electron chi connectivity index (χ4n) is 2.75. The number of halogens is 3. The summed E-state index contributed by atoms with van der Waals surface area (Å²) in [4.78, 5) is 1.90. The quantitative estimate of drug-likeness (QED) is 0.840. The van der Waals surface area contributed by atoms with Gasteiger partial charge < -0.3 is 10.1 Å². The number of rotatable bonds is 3. The predicted octanol–water partition coefficient (Wildman–Crippen LogP) is 1.64. The van der Waals surface area contributed by atoms with Gasteiger partial charge in [0.2, 0.25) is 0 Å². The third-order valence-electron chi connectivity index (χ3n) is 4.15. The normalized spacial score (nSPS) is 29.7. The molecule has 1 heterocycles. The first-order valence-corrected chi connectivity index (χ1v) is 6.50. The minimum Gasteiger partial charge on any atom is -0.377 e. The molecule has 0 amide bonds. The number of nitrogens with one attached hydrogen (secondary N) is 1. The molecule has 1 unspecified atom stereocenters. The molecule has 1 N–H and O–H groups in total. The summed E-state index contributed by atoms with van der Waals surface area (Å²) >= 11 is 0. The molecule has 106 valence electrons. The van der Waals surface area contributed by atoms with Crippen LogP contribution in [0.15, 0.2) is 0 Å². The highest BCUT2D eigenvalue weighted by Gasteiger charge is 2.44. The van der Waals surface area contributed by atoms with Gasteiger partial charge in [-0.2, -0.15) is 13.2 Å². The van der Waals surface area contributed by atoms with E-state index in [9.17, 15) is 13.2 Å². The van der Waals surface area contributed by atoms with Gasteiger partial charge in [-0.3, -0.25) is 4.90 Å². The third kappa shape index (κ3) is 3.16. The number of alkyl halides is 3. The Hall–Kier alpha value is -0.330. The van der Waals surface area contributed by atoms with Crippen LogP contribution in [0.4, 0.5) is 13.2 Å². The van der Waals surface area contributed by atoms with Crippen molar-refractivity contribution in [2.45, 2.75) is 31.0 Å². The van der Waals surface area contributed by atoms with Gasteiger partial charge in [0, 0.05) is 39.8 Å². The summed E-state index contributed by atoms with van der Waals surface area (Å²) in [6.07, 6.45) is -1.08. The van der Waals surface area contributed by atoms with Gasteiger partial charge in [0.25, 0.3) is 0 Å². The van der Waals surface area contributed by atoms with Crippen LogP contribution in [0, 0.1) is 5.92 Å². The van der Waals surface area contributed by atoms with E-state index in [4.69, 9.17) is 4.74 Å². The van der Waals surface area contributed by atoms with Crippen LogP contribution in [0.5, 0.6) is 0 Å². The van der Waals surface area contributed by atoms with Crippen molar-refractivity contribution in [2.75, 3.05) is 39.8 Å². The Labute approximate surface area is 106 Å². The van der Waals surface area contributed by atoms with Crippen LogP contribution in [0.3, 0.4) is 0 Å². The number of hydrogen-bond acceptors (Lipinski definition) is 3. The van der Waals surface area contributed by atoms with Gasteiger partial charge in [0.1, 0.15) is 0 Å². The smallest absolute Gasteiger partial charge is 0.377 e. The summed E-state index contributed by atoms with van der Waals surface area (Å²) in [6, 6.07) is 0. The van der Waals surface area contributed by atoms with Crippen LogP contribution in [0.2, 0.25) is 0 Å². The minimum absolute atomic E-state index is 0.0278. The lowest BCUT2D eigenvalue weighted by atomic mass is 9.79. The number of nitrogens with zero attached hydrogens (tertiary/aromatic N) is 1. The highest BCUT2D eigenvalue weighted by atomic mass is 19.4. The Morgan fingerprint density at radius 2 is 2.11 bits per heavy atom. The average molecular weight is 266 g/mol. The molecule has 0 aromatic carbocycles. The van der Waals surface area contributed by atoms with Crippen molar-refractivity contribution in [2.24, 2.45) is 5.92 Å². The predicted molar refractivity (Wildman–Crippen MR) is 62.4 cm³/mol. The lowest BCUT2D eigenvalue weighted by Crippen LogP contribution is -2.51. The molecule has 3 nitrogen and oxygen atoms in total. The van der Waals surface area contributed by atoms with Crippen LogP contribution in [-0.4, -0.2) is 56.5 Å². The summed E-state index contributed by atoms with van der Waals surface area (Å²) in [5, 5.41) is 2.87. The highest BCUT2D eigenvalue weighted by molar-refractivity contribution is 4.93. The number of methoxy groups -OCH3 is 1. The molecule has 0 radical (unpaired) electrons. The van der Waals surface area contributed by atoms with Gasteiger partial charge in [0.05, 0.1) is 11.5 Å². The molecule has 2 rings (SSSR count). The highest BCUT2D eigenvalue weighted by Crippen LogP contribution is 2.36. The van der Waals surface area contributed by atoms with E-state index in [2.05, 4.69) is 5.32 Å². The van der Waals surface area contributed by atoms with E-state index in [-0.39, 0.29) is 18.7 Å². The monoisotopic (exact) mass is 266 g/mol. The second-order valence-corrected chi connectivity index (χ2v) is 5.42. The van der Waals surface area contributed by atoms with Crippen molar-refractivity contribution in [1.29, 1.82) is 0 Å². The maximum Gasteiger partial charge on any atom is 0.394 e. The van der Waals surface area contributed by atoms with Gasteiger partial charge in [-0.05, 0) is 19.3 Å². The van der Waals surface area contributed by atoms with Crippen molar-refractivity contribution >= 4 is 0 Å². The maximum absolute atomic E-state index is 12.8. The Kier molecular flexibility index (Phi) is 4.18. The topological polar surface area (TPSA) is 24.5 Å². The first kappa shape index (κ1) is 14.1. The largest absolute Gasteiger partial charge is 0.394 e. The first-order valence-electron chi connectivity index (χ1n) is 6.50. The lowest BCUT2D eigenvalue weighted by molar-refractivity contribution is -0.179. The fraction of sp³-hybridized carbons (Fsp3) is 1.00. The molecule has 1 atom stereocenters. The average Bonchev–Trinajstić information content (AvgIpc) is 2.48. The molecular formula is C12H21F3N2O. The van der Waals surface area contributed by atoms with Crippen LogP contribution in [-0.2, 0) is 4.74 Å². The van der Waals surface area contributed by atoms with Crippen LogP contribution >= 0.6 is 0 Å². The fourth-order valence-corrected chi connectivity index (χ4v) is 2.75. The van der Waals surface area contributed by atoms with E-state index in [1.807, 2.05) is 4.90 Å². The number of hydrogen-bond donors (Lipinski definition) is 1. The lowest BCUT2D eigenvalue weighted by Gasteiger charge is -2.44. The Morgan fingerprint density at radius 3 is 2.61 bits per heavy atom. The molecule has 6 heteroatoms. The standard InChI is InChI=1S/C12H21F3N2O/c1-18-11(3-2-4-11)9-17-6-5-16-7-10(8-17)12(13,14)15/h10,16H,2-9H2,1H3. The van der Waals surface area contributed by atoms with E-state index < -0.39 is 12.1 Å². The molecule has 2 fully saturated rings. The summed E-state index contributed by atoms with van der Waals surface area (Å²) < 4.78 is 43.9.